The van der Waals surface area contributed by atoms with Crippen LogP contribution >= 0.6 is 0 Å². The molecule has 21 heavy (non-hydrogen) atoms. The average molecular weight is 296 g/mol. The van der Waals surface area contributed by atoms with Crippen molar-refractivity contribution in [3.05, 3.63) is 21.5 Å². The van der Waals surface area contributed by atoms with Crippen molar-refractivity contribution in [1.82, 2.24) is 15.1 Å². The Morgan fingerprint density at radius 3 is 2.81 bits per heavy atom. The van der Waals surface area contributed by atoms with Crippen molar-refractivity contribution in [2.75, 3.05) is 6.54 Å². The molecule has 0 radical (unpaired) electrons. The number of amides is 1. The molecule has 1 amide bonds. The second-order valence-corrected chi connectivity index (χ2v) is 5.49. The van der Waals surface area contributed by atoms with Gasteiger partial charge in [-0.25, -0.2) is 0 Å². The van der Waals surface area contributed by atoms with Gasteiger partial charge in [-0.3, -0.25) is 19.6 Å². The van der Waals surface area contributed by atoms with Gasteiger partial charge < -0.3 is 10.4 Å². The van der Waals surface area contributed by atoms with Gasteiger partial charge in [0.15, 0.2) is 0 Å². The highest BCUT2D eigenvalue weighted by Gasteiger charge is 2.30. The number of aliphatic hydroxyl groups excluding tert-OH is 1. The van der Waals surface area contributed by atoms with Crippen molar-refractivity contribution >= 4 is 11.6 Å². The molecule has 116 valence electrons. The number of rotatable bonds is 4. The molecule has 0 aliphatic heterocycles. The molecular formula is C13H20N4O4. The molecule has 2 unspecified atom stereocenters. The molecule has 1 aliphatic carbocycles. The second kappa shape index (κ2) is 6.21. The number of aryl methyl sites for hydroxylation is 2. The lowest BCUT2D eigenvalue weighted by molar-refractivity contribution is -0.385. The number of aromatic nitrogens is 2. The Morgan fingerprint density at radius 2 is 2.19 bits per heavy atom. The van der Waals surface area contributed by atoms with Gasteiger partial charge >= 0.3 is 5.69 Å². The zero-order valence-electron chi connectivity index (χ0n) is 12.2. The summed E-state index contributed by atoms with van der Waals surface area (Å²) in [6, 6.07) is 0. The van der Waals surface area contributed by atoms with Gasteiger partial charge in [0, 0.05) is 19.5 Å². The number of carbonyl (C=O) groups excluding carboxylic acids is 1. The van der Waals surface area contributed by atoms with Gasteiger partial charge in [-0.2, -0.15) is 5.10 Å². The molecule has 0 saturated heterocycles. The maximum absolute atomic E-state index is 12.2. The average Bonchev–Trinajstić information content (AvgIpc) is 2.72. The minimum atomic E-state index is -0.591. The van der Waals surface area contributed by atoms with Crippen molar-refractivity contribution in [2.24, 2.45) is 13.0 Å². The summed E-state index contributed by atoms with van der Waals surface area (Å²) in [6.07, 6.45) is 3.21. The van der Waals surface area contributed by atoms with Crippen LogP contribution in [0.1, 0.15) is 41.9 Å². The number of hydrogen-bond donors (Lipinski definition) is 2. The number of aliphatic hydroxyl groups is 1. The predicted octanol–water partition coefficient (Wildman–Crippen LogP) is 0.918. The minimum absolute atomic E-state index is 0.0103. The number of nitrogens with zero attached hydrogens (tertiary/aromatic N) is 3. The molecule has 0 spiro atoms. The van der Waals surface area contributed by atoms with Crippen LogP contribution in [0.5, 0.6) is 0 Å². The molecule has 0 bridgehead atoms. The van der Waals surface area contributed by atoms with E-state index < -0.39 is 16.9 Å². The van der Waals surface area contributed by atoms with Crippen LogP contribution in [0.2, 0.25) is 0 Å². The van der Waals surface area contributed by atoms with Gasteiger partial charge in [0.05, 0.1) is 11.0 Å². The summed E-state index contributed by atoms with van der Waals surface area (Å²) in [5.41, 5.74) is -0.104. The van der Waals surface area contributed by atoms with Gasteiger partial charge in [-0.15, -0.1) is 0 Å². The fourth-order valence-electron chi connectivity index (χ4n) is 2.85. The zero-order chi connectivity index (χ0) is 15.6. The van der Waals surface area contributed by atoms with Crippen LogP contribution < -0.4 is 5.32 Å². The topological polar surface area (TPSA) is 110 Å². The SMILES string of the molecule is Cc1nn(C)c(C(=O)NCC2CCCCC2O)c1[N+](=O)[O-]. The van der Waals surface area contributed by atoms with Crippen LogP contribution in [0.15, 0.2) is 0 Å². The highest BCUT2D eigenvalue weighted by molar-refractivity contribution is 5.96. The highest BCUT2D eigenvalue weighted by atomic mass is 16.6. The number of nitro groups is 1. The molecule has 1 fully saturated rings. The van der Waals surface area contributed by atoms with Crippen LogP contribution in [0.25, 0.3) is 0 Å². The molecule has 2 rings (SSSR count). The summed E-state index contributed by atoms with van der Waals surface area (Å²) in [5, 5.41) is 27.5. The third kappa shape index (κ3) is 3.21. The molecule has 1 aliphatic rings. The monoisotopic (exact) mass is 296 g/mol. The fraction of sp³-hybridized carbons (Fsp3) is 0.692. The molecular weight excluding hydrogens is 276 g/mol. The molecule has 1 aromatic heterocycles. The maximum Gasteiger partial charge on any atom is 0.322 e. The second-order valence-electron chi connectivity index (χ2n) is 5.49. The van der Waals surface area contributed by atoms with Gasteiger partial charge in [-0.1, -0.05) is 12.8 Å². The van der Waals surface area contributed by atoms with Gasteiger partial charge in [0.1, 0.15) is 5.69 Å². The summed E-state index contributed by atoms with van der Waals surface area (Å²) in [5.74, 6) is -0.515. The Bertz CT molecular complexity index is 555. The van der Waals surface area contributed by atoms with E-state index in [9.17, 15) is 20.0 Å². The first-order valence-electron chi connectivity index (χ1n) is 7.06. The predicted molar refractivity (Wildman–Crippen MR) is 74.9 cm³/mol. The normalized spacial score (nSPS) is 22.0. The molecule has 2 atom stereocenters. The summed E-state index contributed by atoms with van der Waals surface area (Å²) in [6.45, 7) is 1.82. The third-order valence-electron chi connectivity index (χ3n) is 3.98. The molecule has 2 N–H and O–H groups in total. The Balaban J connectivity index is 2.08. The molecule has 8 nitrogen and oxygen atoms in total. The Labute approximate surface area is 122 Å². The van der Waals surface area contributed by atoms with Crippen LogP contribution in [0.4, 0.5) is 5.69 Å². The van der Waals surface area contributed by atoms with Crippen molar-refractivity contribution in [3.63, 3.8) is 0 Å². The first kappa shape index (κ1) is 15.4. The molecule has 1 heterocycles. The summed E-state index contributed by atoms with van der Waals surface area (Å²) < 4.78 is 1.22. The third-order valence-corrected chi connectivity index (χ3v) is 3.98. The van der Waals surface area contributed by atoms with E-state index in [1.807, 2.05) is 0 Å². The first-order valence-corrected chi connectivity index (χ1v) is 7.06. The molecule has 0 aromatic carbocycles. The Hall–Kier alpha value is -1.96. The standard InChI is InChI=1S/C13H20N4O4/c1-8-11(17(20)21)12(16(2)15-8)13(19)14-7-9-5-3-4-6-10(9)18/h9-10,18H,3-7H2,1-2H3,(H,14,19). The van der Waals surface area contributed by atoms with E-state index in [0.717, 1.165) is 25.7 Å². The number of nitrogens with one attached hydrogen (secondary N) is 1. The van der Waals surface area contributed by atoms with Crippen LogP contribution in [-0.4, -0.2) is 38.4 Å². The summed E-state index contributed by atoms with van der Waals surface area (Å²) in [7, 11) is 1.50. The van der Waals surface area contributed by atoms with Gasteiger partial charge in [0.25, 0.3) is 5.91 Å². The minimum Gasteiger partial charge on any atom is -0.393 e. The molecule has 1 aromatic rings. The van der Waals surface area contributed by atoms with Gasteiger partial charge in [0.2, 0.25) is 5.69 Å². The Kier molecular flexibility index (Phi) is 4.56. The fourth-order valence-corrected chi connectivity index (χ4v) is 2.85. The molecule has 8 heteroatoms. The van der Waals surface area contributed by atoms with Gasteiger partial charge in [-0.05, 0) is 19.8 Å². The van der Waals surface area contributed by atoms with Crippen molar-refractivity contribution < 1.29 is 14.8 Å². The largest absolute Gasteiger partial charge is 0.393 e. The summed E-state index contributed by atoms with van der Waals surface area (Å²) in [4.78, 5) is 22.7. The number of hydrogen-bond acceptors (Lipinski definition) is 5. The quantitative estimate of drug-likeness (QED) is 0.634. The van der Waals surface area contributed by atoms with Crippen molar-refractivity contribution in [2.45, 2.75) is 38.7 Å². The van der Waals surface area contributed by atoms with E-state index in [2.05, 4.69) is 10.4 Å². The maximum atomic E-state index is 12.2. The van der Waals surface area contributed by atoms with E-state index in [1.165, 1.54) is 18.7 Å². The first-order chi connectivity index (χ1) is 9.91. The van der Waals surface area contributed by atoms with Crippen LogP contribution in [0, 0.1) is 23.0 Å². The summed E-state index contributed by atoms with van der Waals surface area (Å²) >= 11 is 0. The van der Waals surface area contributed by atoms with E-state index in [4.69, 9.17) is 0 Å². The lowest BCUT2D eigenvalue weighted by atomic mass is 9.86. The molecule has 1 saturated carbocycles. The van der Waals surface area contributed by atoms with Crippen molar-refractivity contribution in [1.29, 1.82) is 0 Å². The van der Waals surface area contributed by atoms with E-state index in [1.54, 1.807) is 0 Å². The van der Waals surface area contributed by atoms with Crippen LogP contribution in [0.3, 0.4) is 0 Å². The van der Waals surface area contributed by atoms with Crippen LogP contribution in [-0.2, 0) is 7.05 Å². The van der Waals surface area contributed by atoms with Crippen molar-refractivity contribution in [3.8, 4) is 0 Å². The van der Waals surface area contributed by atoms with E-state index in [0.29, 0.717) is 6.54 Å². The smallest absolute Gasteiger partial charge is 0.322 e. The number of carbonyl (C=O) groups is 1. The van der Waals surface area contributed by atoms with E-state index >= 15 is 0 Å². The highest BCUT2D eigenvalue weighted by Crippen LogP contribution is 2.25. The Morgan fingerprint density at radius 1 is 1.52 bits per heavy atom. The zero-order valence-corrected chi connectivity index (χ0v) is 12.2. The van der Waals surface area contributed by atoms with E-state index in [-0.39, 0.29) is 23.0 Å². The lowest BCUT2D eigenvalue weighted by Gasteiger charge is -2.27. The lowest BCUT2D eigenvalue weighted by Crippen LogP contribution is -2.37.